The van der Waals surface area contributed by atoms with Gasteiger partial charge < -0.3 is 4.42 Å². The van der Waals surface area contributed by atoms with Gasteiger partial charge in [0.1, 0.15) is 7.05 Å². The number of aryl methyl sites for hydroxylation is 3. The Kier molecular flexibility index (Phi) is 4.36. The van der Waals surface area contributed by atoms with Crippen LogP contribution in [-0.2, 0) is 12.5 Å². The number of nitrogens with zero attached hydrogens (tertiary/aromatic N) is 2. The van der Waals surface area contributed by atoms with Gasteiger partial charge in [-0.2, -0.15) is 0 Å². The summed E-state index contributed by atoms with van der Waals surface area (Å²) in [6.45, 7) is 13.5. The van der Waals surface area contributed by atoms with Crippen molar-refractivity contribution in [3.05, 3.63) is 82.7 Å². The summed E-state index contributed by atoms with van der Waals surface area (Å²) in [6, 6.07) is 15.5. The average molecular weight is 448 g/mol. The van der Waals surface area contributed by atoms with E-state index in [1.165, 1.54) is 44.6 Å². The molecule has 1 aliphatic rings. The van der Waals surface area contributed by atoms with Gasteiger partial charge in [0.2, 0.25) is 11.4 Å². The molecular formula is C31H31N2O+. The SMILES string of the molecule is Cc1c[n+](C)c(-c2c(C)ccc3c2oc2ncc4c(c23)C(C)(C)c2ccccc2-4)cc1C(C)C. The number of aromatic nitrogens is 2. The Balaban J connectivity index is 1.72. The molecule has 1 aliphatic carbocycles. The van der Waals surface area contributed by atoms with Gasteiger partial charge in [-0.05, 0) is 47.6 Å². The molecule has 3 aromatic heterocycles. The summed E-state index contributed by atoms with van der Waals surface area (Å²) in [6.07, 6.45) is 4.24. The van der Waals surface area contributed by atoms with E-state index in [-0.39, 0.29) is 5.41 Å². The summed E-state index contributed by atoms with van der Waals surface area (Å²) in [5.41, 5.74) is 12.9. The quantitative estimate of drug-likeness (QED) is 0.262. The Labute approximate surface area is 201 Å². The van der Waals surface area contributed by atoms with Gasteiger partial charge in [0, 0.05) is 34.2 Å². The summed E-state index contributed by atoms with van der Waals surface area (Å²) >= 11 is 0. The Morgan fingerprint density at radius 3 is 2.50 bits per heavy atom. The van der Waals surface area contributed by atoms with Crippen molar-refractivity contribution in [2.45, 2.75) is 52.9 Å². The highest BCUT2D eigenvalue weighted by Crippen LogP contribution is 2.52. The highest BCUT2D eigenvalue weighted by atomic mass is 16.3. The van der Waals surface area contributed by atoms with E-state index in [1.54, 1.807) is 0 Å². The third-order valence-corrected chi connectivity index (χ3v) is 7.79. The second kappa shape index (κ2) is 7.02. The number of benzene rings is 2. The normalized spacial score (nSPS) is 14.2. The zero-order chi connectivity index (χ0) is 23.9. The summed E-state index contributed by atoms with van der Waals surface area (Å²) in [5.74, 6) is 0.458. The molecule has 170 valence electrons. The zero-order valence-corrected chi connectivity index (χ0v) is 21.1. The zero-order valence-electron chi connectivity index (χ0n) is 21.1. The van der Waals surface area contributed by atoms with Crippen molar-refractivity contribution >= 4 is 22.1 Å². The molecule has 0 radical (unpaired) electrons. The lowest BCUT2D eigenvalue weighted by Gasteiger charge is -2.22. The molecule has 0 bridgehead atoms. The number of hydrogen-bond donors (Lipinski definition) is 0. The van der Waals surface area contributed by atoms with Crippen LogP contribution in [0, 0.1) is 13.8 Å². The summed E-state index contributed by atoms with van der Waals surface area (Å²) < 4.78 is 8.83. The summed E-state index contributed by atoms with van der Waals surface area (Å²) in [7, 11) is 2.13. The first kappa shape index (κ1) is 21.1. The Morgan fingerprint density at radius 1 is 0.971 bits per heavy atom. The lowest BCUT2D eigenvalue weighted by molar-refractivity contribution is -0.660. The monoisotopic (exact) mass is 447 g/mol. The van der Waals surface area contributed by atoms with Crippen LogP contribution >= 0.6 is 0 Å². The fourth-order valence-electron chi connectivity index (χ4n) is 6.14. The molecule has 0 saturated carbocycles. The first-order chi connectivity index (χ1) is 16.2. The van der Waals surface area contributed by atoms with Crippen LogP contribution in [0.2, 0.25) is 0 Å². The number of pyridine rings is 2. The van der Waals surface area contributed by atoms with Crippen LogP contribution in [0.15, 0.2) is 59.3 Å². The van der Waals surface area contributed by atoms with Crippen molar-refractivity contribution in [1.82, 2.24) is 4.98 Å². The van der Waals surface area contributed by atoms with Crippen molar-refractivity contribution in [2.75, 3.05) is 0 Å². The summed E-state index contributed by atoms with van der Waals surface area (Å²) in [4.78, 5) is 4.83. The van der Waals surface area contributed by atoms with Gasteiger partial charge in [-0.15, -0.1) is 0 Å². The molecule has 0 saturated heterocycles. The standard InChI is InChI=1S/C31H31N2O/c1-17(2)22-14-25(33(7)16-19(22)4)26-18(3)12-13-21-27-28-23(15-32-30(27)34-29(21)26)20-10-8-9-11-24(20)31(28,5)6/h8-17H,1-7H3/q+1. The van der Waals surface area contributed by atoms with E-state index >= 15 is 0 Å². The third-order valence-electron chi connectivity index (χ3n) is 7.79. The molecule has 6 rings (SSSR count). The van der Waals surface area contributed by atoms with Crippen LogP contribution in [0.25, 0.3) is 44.5 Å². The highest BCUT2D eigenvalue weighted by Gasteiger charge is 2.38. The molecular weight excluding hydrogens is 416 g/mol. The Morgan fingerprint density at radius 2 is 1.74 bits per heavy atom. The molecule has 3 heteroatoms. The van der Waals surface area contributed by atoms with Gasteiger partial charge in [-0.3, -0.25) is 0 Å². The smallest absolute Gasteiger partial charge is 0.227 e. The van der Waals surface area contributed by atoms with E-state index < -0.39 is 0 Å². The molecule has 3 nitrogen and oxygen atoms in total. The van der Waals surface area contributed by atoms with E-state index in [2.05, 4.69) is 102 Å². The van der Waals surface area contributed by atoms with Crippen molar-refractivity contribution in [2.24, 2.45) is 7.05 Å². The van der Waals surface area contributed by atoms with Crippen LogP contribution in [0.3, 0.4) is 0 Å². The van der Waals surface area contributed by atoms with Crippen LogP contribution in [0.5, 0.6) is 0 Å². The van der Waals surface area contributed by atoms with Crippen molar-refractivity contribution < 1.29 is 8.98 Å². The molecule has 3 heterocycles. The topological polar surface area (TPSA) is 29.9 Å². The van der Waals surface area contributed by atoms with Gasteiger partial charge in [-0.25, -0.2) is 9.55 Å². The van der Waals surface area contributed by atoms with Crippen molar-refractivity contribution in [1.29, 1.82) is 0 Å². The lowest BCUT2D eigenvalue weighted by atomic mass is 9.81. The van der Waals surface area contributed by atoms with Gasteiger partial charge in [0.15, 0.2) is 11.8 Å². The van der Waals surface area contributed by atoms with Crippen LogP contribution < -0.4 is 4.57 Å². The maximum Gasteiger partial charge on any atom is 0.227 e. The Bertz CT molecular complexity index is 1640. The molecule has 0 amide bonds. The van der Waals surface area contributed by atoms with E-state index in [0.717, 1.165) is 27.6 Å². The summed E-state index contributed by atoms with van der Waals surface area (Å²) in [5, 5.41) is 2.29. The molecule has 0 atom stereocenters. The van der Waals surface area contributed by atoms with Crippen molar-refractivity contribution in [3.8, 4) is 22.4 Å². The average Bonchev–Trinajstić information content (AvgIpc) is 3.27. The lowest BCUT2D eigenvalue weighted by Crippen LogP contribution is -2.32. The fraction of sp³-hybridized carbons (Fsp3) is 0.290. The third kappa shape index (κ3) is 2.70. The predicted octanol–water partition coefficient (Wildman–Crippen LogP) is 7.52. The number of hydrogen-bond acceptors (Lipinski definition) is 2. The minimum atomic E-state index is -0.117. The van der Waals surface area contributed by atoms with Gasteiger partial charge in [0.05, 0.1) is 10.9 Å². The molecule has 34 heavy (non-hydrogen) atoms. The Hall–Kier alpha value is -3.46. The van der Waals surface area contributed by atoms with E-state index in [4.69, 9.17) is 9.40 Å². The molecule has 0 aliphatic heterocycles. The maximum atomic E-state index is 6.60. The maximum absolute atomic E-state index is 6.60. The number of furan rings is 1. The molecule has 0 fully saturated rings. The fourth-order valence-corrected chi connectivity index (χ4v) is 6.14. The molecule has 0 unspecified atom stereocenters. The highest BCUT2D eigenvalue weighted by molar-refractivity contribution is 6.13. The predicted molar refractivity (Wildman–Crippen MR) is 139 cm³/mol. The molecule has 0 N–H and O–H groups in total. The molecule has 0 spiro atoms. The van der Waals surface area contributed by atoms with Crippen LogP contribution in [0.4, 0.5) is 0 Å². The van der Waals surface area contributed by atoms with E-state index in [9.17, 15) is 0 Å². The number of fused-ring (bicyclic) bond motifs is 7. The minimum Gasteiger partial charge on any atom is -0.437 e. The van der Waals surface area contributed by atoms with Crippen molar-refractivity contribution in [3.63, 3.8) is 0 Å². The van der Waals surface area contributed by atoms with Crippen LogP contribution in [0.1, 0.15) is 61.4 Å². The van der Waals surface area contributed by atoms with Gasteiger partial charge in [0.25, 0.3) is 0 Å². The van der Waals surface area contributed by atoms with E-state index in [0.29, 0.717) is 5.92 Å². The minimum absolute atomic E-state index is 0.117. The molecule has 5 aromatic rings. The van der Waals surface area contributed by atoms with Gasteiger partial charge >= 0.3 is 0 Å². The van der Waals surface area contributed by atoms with Gasteiger partial charge in [-0.1, -0.05) is 64.1 Å². The largest absolute Gasteiger partial charge is 0.437 e. The number of rotatable bonds is 2. The second-order valence-electron chi connectivity index (χ2n) is 10.7. The van der Waals surface area contributed by atoms with E-state index in [1.807, 2.05) is 6.20 Å². The molecule has 2 aromatic carbocycles. The second-order valence-corrected chi connectivity index (χ2v) is 10.7. The first-order valence-corrected chi connectivity index (χ1v) is 12.2. The first-order valence-electron chi connectivity index (χ1n) is 12.2. The van der Waals surface area contributed by atoms with Crippen LogP contribution in [-0.4, -0.2) is 4.98 Å².